The minimum Gasteiger partial charge on any atom is -0.456 e. The number of rotatable bonds is 5. The monoisotopic (exact) mass is 334 g/mol. The van der Waals surface area contributed by atoms with E-state index in [1.54, 1.807) is 18.2 Å². The Morgan fingerprint density at radius 3 is 2.45 bits per heavy atom. The van der Waals surface area contributed by atoms with Gasteiger partial charge in [0.25, 0.3) is 5.91 Å². The van der Waals surface area contributed by atoms with E-state index in [-0.39, 0.29) is 0 Å². The number of carbonyl (C=O) groups excluding carboxylic acids is 1. The summed E-state index contributed by atoms with van der Waals surface area (Å²) in [5.41, 5.74) is 12.3. The fraction of sp³-hybridized carbons (Fsp3) is 0.133. The summed E-state index contributed by atoms with van der Waals surface area (Å²) >= 11 is 3.30. The summed E-state index contributed by atoms with van der Waals surface area (Å²) in [5.74, 6) is 0.539. The molecule has 0 aliphatic carbocycles. The van der Waals surface area contributed by atoms with Gasteiger partial charge in [0.1, 0.15) is 11.5 Å². The van der Waals surface area contributed by atoms with Gasteiger partial charge in [-0.05, 0) is 58.7 Å². The predicted molar refractivity (Wildman–Crippen MR) is 81.9 cm³/mol. The molecule has 5 heteroatoms. The molecule has 0 spiro atoms. The number of nitrogens with two attached hydrogens (primary N) is 2. The largest absolute Gasteiger partial charge is 0.456 e. The van der Waals surface area contributed by atoms with Crippen molar-refractivity contribution in [2.45, 2.75) is 6.42 Å². The van der Waals surface area contributed by atoms with Crippen molar-refractivity contribution in [2.75, 3.05) is 6.54 Å². The molecule has 0 aliphatic rings. The van der Waals surface area contributed by atoms with Crippen LogP contribution in [0.3, 0.4) is 0 Å². The second kappa shape index (κ2) is 6.54. The van der Waals surface area contributed by atoms with E-state index in [1.807, 2.05) is 24.3 Å². The summed E-state index contributed by atoms with van der Waals surface area (Å²) in [4.78, 5) is 11.5. The molecule has 0 saturated heterocycles. The van der Waals surface area contributed by atoms with Crippen LogP contribution in [0.1, 0.15) is 15.9 Å². The highest BCUT2D eigenvalue weighted by Gasteiger charge is 2.13. The van der Waals surface area contributed by atoms with Crippen molar-refractivity contribution in [3.63, 3.8) is 0 Å². The van der Waals surface area contributed by atoms with E-state index in [4.69, 9.17) is 16.2 Å². The lowest BCUT2D eigenvalue weighted by molar-refractivity contribution is 0.0997. The molecule has 104 valence electrons. The molecule has 0 aliphatic heterocycles. The molecule has 4 nitrogen and oxygen atoms in total. The zero-order chi connectivity index (χ0) is 14.5. The average Bonchev–Trinajstić information content (AvgIpc) is 2.41. The van der Waals surface area contributed by atoms with E-state index in [0.717, 1.165) is 12.0 Å². The summed E-state index contributed by atoms with van der Waals surface area (Å²) < 4.78 is 6.34. The molecule has 0 radical (unpaired) electrons. The van der Waals surface area contributed by atoms with Gasteiger partial charge < -0.3 is 16.2 Å². The smallest absolute Gasteiger partial charge is 0.253 e. The van der Waals surface area contributed by atoms with E-state index in [9.17, 15) is 4.79 Å². The van der Waals surface area contributed by atoms with Gasteiger partial charge in [0.15, 0.2) is 0 Å². The second-order valence-electron chi connectivity index (χ2n) is 4.26. The zero-order valence-corrected chi connectivity index (χ0v) is 12.4. The van der Waals surface area contributed by atoms with E-state index >= 15 is 0 Å². The first kappa shape index (κ1) is 14.6. The Hall–Kier alpha value is -1.85. The number of ether oxygens (including phenoxy) is 1. The lowest BCUT2D eigenvalue weighted by atomic mass is 10.1. The van der Waals surface area contributed by atoms with Gasteiger partial charge in [-0.15, -0.1) is 0 Å². The van der Waals surface area contributed by atoms with Gasteiger partial charge in [0.05, 0.1) is 5.56 Å². The molecule has 2 aromatic rings. The Morgan fingerprint density at radius 1 is 1.15 bits per heavy atom. The number of amides is 1. The highest BCUT2D eigenvalue weighted by atomic mass is 79.9. The van der Waals surface area contributed by atoms with Crippen LogP contribution in [-0.2, 0) is 6.42 Å². The number of primary amides is 1. The summed E-state index contributed by atoms with van der Waals surface area (Å²) in [6.45, 7) is 0.609. The van der Waals surface area contributed by atoms with E-state index in [2.05, 4.69) is 15.9 Å². The van der Waals surface area contributed by atoms with Crippen LogP contribution >= 0.6 is 15.9 Å². The topological polar surface area (TPSA) is 78.3 Å². The third kappa shape index (κ3) is 3.37. The molecule has 4 N–H and O–H groups in total. The van der Waals surface area contributed by atoms with E-state index < -0.39 is 5.91 Å². The molecular formula is C15H15BrN2O2. The van der Waals surface area contributed by atoms with Gasteiger partial charge in [-0.2, -0.15) is 0 Å². The molecule has 2 rings (SSSR count). The van der Waals surface area contributed by atoms with Crippen molar-refractivity contribution in [1.29, 1.82) is 0 Å². The van der Waals surface area contributed by atoms with Gasteiger partial charge in [0, 0.05) is 4.47 Å². The fourth-order valence-electron chi connectivity index (χ4n) is 1.85. The van der Waals surface area contributed by atoms with Gasteiger partial charge in [-0.25, -0.2) is 0 Å². The van der Waals surface area contributed by atoms with Crippen molar-refractivity contribution in [3.8, 4) is 11.5 Å². The van der Waals surface area contributed by atoms with Crippen LogP contribution in [0, 0.1) is 0 Å². The number of hydrogen-bond donors (Lipinski definition) is 2. The third-order valence-corrected chi connectivity index (χ3v) is 3.47. The number of halogens is 1. The molecular weight excluding hydrogens is 320 g/mol. The van der Waals surface area contributed by atoms with Gasteiger partial charge in [-0.1, -0.05) is 18.2 Å². The molecule has 1 amide bonds. The van der Waals surface area contributed by atoms with E-state index in [1.165, 1.54) is 0 Å². The highest BCUT2D eigenvalue weighted by Crippen LogP contribution is 2.30. The molecule has 0 atom stereocenters. The third-order valence-electron chi connectivity index (χ3n) is 2.81. The first-order chi connectivity index (χ1) is 9.61. The molecule has 0 bridgehead atoms. The molecule has 0 saturated carbocycles. The summed E-state index contributed by atoms with van der Waals surface area (Å²) in [6, 6.07) is 12.8. The maximum atomic E-state index is 11.5. The SMILES string of the molecule is NCCc1ccc(Oc2cccc(Br)c2C(N)=O)cc1. The van der Waals surface area contributed by atoms with Crippen LogP contribution in [0.4, 0.5) is 0 Å². The van der Waals surface area contributed by atoms with Crippen LogP contribution < -0.4 is 16.2 Å². The standard InChI is InChI=1S/C15H15BrN2O2/c16-12-2-1-3-13(14(12)15(18)19)20-11-6-4-10(5-7-11)8-9-17/h1-7H,8-9,17H2,(H2,18,19). The van der Waals surface area contributed by atoms with Crippen molar-refractivity contribution < 1.29 is 9.53 Å². The van der Waals surface area contributed by atoms with Crippen molar-refractivity contribution in [1.82, 2.24) is 0 Å². The molecule has 0 fully saturated rings. The van der Waals surface area contributed by atoms with Crippen molar-refractivity contribution in [3.05, 3.63) is 58.1 Å². The number of benzene rings is 2. The average molecular weight is 335 g/mol. The Bertz CT molecular complexity index is 612. The lowest BCUT2D eigenvalue weighted by Crippen LogP contribution is -2.13. The van der Waals surface area contributed by atoms with Gasteiger partial charge in [-0.3, -0.25) is 4.79 Å². The van der Waals surface area contributed by atoms with Gasteiger partial charge >= 0.3 is 0 Å². The Morgan fingerprint density at radius 2 is 1.85 bits per heavy atom. The number of carbonyl (C=O) groups is 1. The highest BCUT2D eigenvalue weighted by molar-refractivity contribution is 9.10. The Labute approximate surface area is 125 Å². The maximum Gasteiger partial charge on any atom is 0.253 e. The van der Waals surface area contributed by atoms with Crippen molar-refractivity contribution in [2.24, 2.45) is 11.5 Å². The summed E-state index contributed by atoms with van der Waals surface area (Å²) in [7, 11) is 0. The zero-order valence-electron chi connectivity index (χ0n) is 10.8. The predicted octanol–water partition coefficient (Wildman–Crippen LogP) is 2.84. The first-order valence-corrected chi connectivity index (χ1v) is 6.96. The van der Waals surface area contributed by atoms with Crippen molar-refractivity contribution >= 4 is 21.8 Å². The molecule has 0 heterocycles. The maximum absolute atomic E-state index is 11.5. The summed E-state index contributed by atoms with van der Waals surface area (Å²) in [5, 5.41) is 0. The molecule has 20 heavy (non-hydrogen) atoms. The quantitative estimate of drug-likeness (QED) is 0.882. The van der Waals surface area contributed by atoms with Crippen LogP contribution in [0.5, 0.6) is 11.5 Å². The van der Waals surface area contributed by atoms with Crippen LogP contribution in [0.2, 0.25) is 0 Å². The first-order valence-electron chi connectivity index (χ1n) is 6.17. The Kier molecular flexibility index (Phi) is 4.76. The van der Waals surface area contributed by atoms with Crippen LogP contribution in [-0.4, -0.2) is 12.5 Å². The second-order valence-corrected chi connectivity index (χ2v) is 5.12. The molecule has 0 aromatic heterocycles. The van der Waals surface area contributed by atoms with Crippen LogP contribution in [0.15, 0.2) is 46.9 Å². The Balaban J connectivity index is 2.26. The van der Waals surface area contributed by atoms with Gasteiger partial charge in [0.2, 0.25) is 0 Å². The molecule has 2 aromatic carbocycles. The lowest BCUT2D eigenvalue weighted by Gasteiger charge is -2.11. The van der Waals surface area contributed by atoms with Crippen LogP contribution in [0.25, 0.3) is 0 Å². The van der Waals surface area contributed by atoms with E-state index in [0.29, 0.717) is 28.1 Å². The minimum absolute atomic E-state index is 0.332. The minimum atomic E-state index is -0.535. The summed E-state index contributed by atoms with van der Waals surface area (Å²) in [6.07, 6.45) is 0.823. The molecule has 0 unspecified atom stereocenters. The fourth-order valence-corrected chi connectivity index (χ4v) is 2.39. The number of hydrogen-bond acceptors (Lipinski definition) is 3. The normalized spacial score (nSPS) is 10.3.